The third-order valence-corrected chi connectivity index (χ3v) is 3.68. The maximum atomic E-state index is 13.7. The second-order valence-electron chi connectivity index (χ2n) is 3.92. The molecular weight excluding hydrogens is 271 g/mol. The minimum absolute atomic E-state index is 0.329. The van der Waals surface area contributed by atoms with E-state index in [1.807, 2.05) is 5.38 Å². The summed E-state index contributed by atoms with van der Waals surface area (Å²) in [5.41, 5.74) is 1.31. The van der Waals surface area contributed by atoms with Crippen molar-refractivity contribution in [1.29, 1.82) is 0 Å². The van der Waals surface area contributed by atoms with Crippen LogP contribution in [0.1, 0.15) is 19.0 Å². The fourth-order valence-electron chi connectivity index (χ4n) is 1.60. The van der Waals surface area contributed by atoms with Gasteiger partial charge in [-0.05, 0) is 25.1 Å². The number of nitrogens with one attached hydrogen (secondary N) is 1. The van der Waals surface area contributed by atoms with Gasteiger partial charge in [0.15, 0.2) is 0 Å². The van der Waals surface area contributed by atoms with Crippen LogP contribution in [-0.4, -0.2) is 11.5 Å². The van der Waals surface area contributed by atoms with E-state index in [0.717, 1.165) is 18.7 Å². The second kappa shape index (κ2) is 6.27. The molecule has 1 heterocycles. The maximum absolute atomic E-state index is 13.7. The zero-order valence-corrected chi connectivity index (χ0v) is 11.6. The molecule has 0 aliphatic rings. The molecule has 0 unspecified atom stereocenters. The molecule has 1 N–H and O–H groups in total. The molecule has 0 aliphatic heterocycles. The number of nitrogens with zero attached hydrogens (tertiary/aromatic N) is 1. The first-order valence-corrected chi connectivity index (χ1v) is 7.07. The third kappa shape index (κ3) is 3.07. The molecule has 0 fully saturated rings. The van der Waals surface area contributed by atoms with Crippen molar-refractivity contribution >= 4 is 22.9 Å². The van der Waals surface area contributed by atoms with E-state index in [4.69, 9.17) is 11.6 Å². The van der Waals surface area contributed by atoms with E-state index in [0.29, 0.717) is 22.1 Å². The highest BCUT2D eigenvalue weighted by Gasteiger charge is 2.13. The van der Waals surface area contributed by atoms with Crippen LogP contribution in [0.25, 0.3) is 10.6 Å². The zero-order chi connectivity index (χ0) is 13.0. The number of benzene rings is 1. The fourth-order valence-corrected chi connectivity index (χ4v) is 2.79. The van der Waals surface area contributed by atoms with Gasteiger partial charge >= 0.3 is 0 Å². The van der Waals surface area contributed by atoms with Crippen LogP contribution in [-0.2, 0) is 6.54 Å². The summed E-state index contributed by atoms with van der Waals surface area (Å²) in [5.74, 6) is -0.329. The van der Waals surface area contributed by atoms with Crippen LogP contribution < -0.4 is 5.32 Å². The van der Waals surface area contributed by atoms with E-state index in [2.05, 4.69) is 17.2 Å². The van der Waals surface area contributed by atoms with E-state index in [9.17, 15) is 4.39 Å². The first kappa shape index (κ1) is 13.5. The molecule has 1 aromatic heterocycles. The fraction of sp³-hybridized carbons (Fsp3) is 0.308. The van der Waals surface area contributed by atoms with Gasteiger partial charge in [0.2, 0.25) is 0 Å². The molecule has 0 spiro atoms. The molecule has 2 aromatic rings. The third-order valence-electron chi connectivity index (χ3n) is 2.46. The number of aromatic nitrogens is 1. The van der Waals surface area contributed by atoms with Gasteiger partial charge in [-0.15, -0.1) is 11.3 Å². The summed E-state index contributed by atoms with van der Waals surface area (Å²) in [6.07, 6.45) is 1.08. The quantitative estimate of drug-likeness (QED) is 0.836. The lowest BCUT2D eigenvalue weighted by Gasteiger charge is -2.01. The van der Waals surface area contributed by atoms with Crippen molar-refractivity contribution < 1.29 is 4.39 Å². The summed E-state index contributed by atoms with van der Waals surface area (Å²) in [4.78, 5) is 4.41. The lowest BCUT2D eigenvalue weighted by molar-refractivity contribution is 0.631. The number of rotatable bonds is 5. The Hall–Kier alpha value is -0.970. The minimum Gasteiger partial charge on any atom is -0.311 e. The van der Waals surface area contributed by atoms with Crippen molar-refractivity contribution in [2.45, 2.75) is 19.9 Å². The predicted octanol–water partition coefficient (Wildman–Crippen LogP) is 4.10. The summed E-state index contributed by atoms with van der Waals surface area (Å²) in [5, 5.41) is 6.23. The van der Waals surface area contributed by atoms with E-state index < -0.39 is 0 Å². The summed E-state index contributed by atoms with van der Waals surface area (Å²) < 4.78 is 13.7. The van der Waals surface area contributed by atoms with Crippen LogP contribution in [0.2, 0.25) is 5.02 Å². The monoisotopic (exact) mass is 284 g/mol. The molecule has 0 bridgehead atoms. The summed E-state index contributed by atoms with van der Waals surface area (Å²) in [6.45, 7) is 3.77. The summed E-state index contributed by atoms with van der Waals surface area (Å²) in [6, 6.07) is 4.67. The van der Waals surface area contributed by atoms with Crippen molar-refractivity contribution in [3.05, 3.63) is 40.1 Å². The van der Waals surface area contributed by atoms with Crippen molar-refractivity contribution in [1.82, 2.24) is 10.3 Å². The van der Waals surface area contributed by atoms with Gasteiger partial charge in [0, 0.05) is 11.9 Å². The molecule has 0 aliphatic carbocycles. The highest BCUT2D eigenvalue weighted by Crippen LogP contribution is 2.32. The summed E-state index contributed by atoms with van der Waals surface area (Å²) in [7, 11) is 0. The standard InChI is InChI=1S/C13H14ClFN2S/c1-2-6-16-7-9-8-18-13(17-9)12-10(14)4-3-5-11(12)15/h3-5,8,16H,2,6-7H2,1H3. The van der Waals surface area contributed by atoms with E-state index >= 15 is 0 Å². The van der Waals surface area contributed by atoms with Crippen LogP contribution in [0, 0.1) is 5.82 Å². The van der Waals surface area contributed by atoms with E-state index in [1.165, 1.54) is 17.4 Å². The maximum Gasteiger partial charge on any atom is 0.134 e. The molecule has 0 saturated carbocycles. The van der Waals surface area contributed by atoms with Crippen molar-refractivity contribution in [2.75, 3.05) is 6.54 Å². The van der Waals surface area contributed by atoms with E-state index in [1.54, 1.807) is 12.1 Å². The molecule has 96 valence electrons. The van der Waals surface area contributed by atoms with E-state index in [-0.39, 0.29) is 5.82 Å². The second-order valence-corrected chi connectivity index (χ2v) is 5.18. The Morgan fingerprint density at radius 2 is 2.28 bits per heavy atom. The molecule has 2 rings (SSSR count). The number of hydrogen-bond donors (Lipinski definition) is 1. The van der Waals surface area contributed by atoms with Crippen LogP contribution in [0.15, 0.2) is 23.6 Å². The van der Waals surface area contributed by atoms with Crippen LogP contribution in [0.4, 0.5) is 4.39 Å². The predicted molar refractivity (Wildman–Crippen MR) is 74.5 cm³/mol. The van der Waals surface area contributed by atoms with Gasteiger partial charge < -0.3 is 5.32 Å². The van der Waals surface area contributed by atoms with Gasteiger partial charge in [0.05, 0.1) is 16.3 Å². The van der Waals surface area contributed by atoms with Crippen LogP contribution in [0.3, 0.4) is 0 Å². The normalized spacial score (nSPS) is 10.8. The summed E-state index contributed by atoms with van der Waals surface area (Å²) >= 11 is 7.42. The molecule has 2 nitrogen and oxygen atoms in total. The highest BCUT2D eigenvalue weighted by atomic mass is 35.5. The number of hydrogen-bond acceptors (Lipinski definition) is 3. The molecule has 5 heteroatoms. The molecule has 18 heavy (non-hydrogen) atoms. The van der Waals surface area contributed by atoms with Gasteiger partial charge in [0.25, 0.3) is 0 Å². The Kier molecular flexibility index (Phi) is 4.69. The molecule has 1 aromatic carbocycles. The molecular formula is C13H14ClFN2S. The van der Waals surface area contributed by atoms with Crippen molar-refractivity contribution in [3.8, 4) is 10.6 Å². The largest absolute Gasteiger partial charge is 0.311 e. The Bertz CT molecular complexity index is 507. The Morgan fingerprint density at radius 3 is 3.00 bits per heavy atom. The zero-order valence-electron chi connectivity index (χ0n) is 10.0. The van der Waals surface area contributed by atoms with Gasteiger partial charge in [-0.25, -0.2) is 9.37 Å². The first-order valence-electron chi connectivity index (χ1n) is 5.82. The molecule has 0 radical (unpaired) electrons. The first-order chi connectivity index (χ1) is 8.72. The lowest BCUT2D eigenvalue weighted by Crippen LogP contribution is -2.13. The van der Waals surface area contributed by atoms with Gasteiger partial charge in [-0.3, -0.25) is 0 Å². The Labute approximate surface area is 115 Å². The minimum atomic E-state index is -0.329. The van der Waals surface area contributed by atoms with Gasteiger partial charge in [0.1, 0.15) is 10.8 Å². The smallest absolute Gasteiger partial charge is 0.134 e. The SMILES string of the molecule is CCCNCc1csc(-c2c(F)cccc2Cl)n1. The molecule has 0 atom stereocenters. The number of halogens is 2. The highest BCUT2D eigenvalue weighted by molar-refractivity contribution is 7.13. The average molecular weight is 285 g/mol. The Morgan fingerprint density at radius 1 is 1.44 bits per heavy atom. The topological polar surface area (TPSA) is 24.9 Å². The Balaban J connectivity index is 2.19. The van der Waals surface area contributed by atoms with Crippen LogP contribution >= 0.6 is 22.9 Å². The lowest BCUT2D eigenvalue weighted by atomic mass is 10.2. The van der Waals surface area contributed by atoms with Crippen LogP contribution in [0.5, 0.6) is 0 Å². The molecule has 0 saturated heterocycles. The van der Waals surface area contributed by atoms with Gasteiger partial charge in [-0.1, -0.05) is 24.6 Å². The number of thiazole rings is 1. The average Bonchev–Trinajstić information content (AvgIpc) is 2.78. The van der Waals surface area contributed by atoms with Crippen molar-refractivity contribution in [3.63, 3.8) is 0 Å². The van der Waals surface area contributed by atoms with Gasteiger partial charge in [-0.2, -0.15) is 0 Å². The molecule has 0 amide bonds. The van der Waals surface area contributed by atoms with Crippen molar-refractivity contribution in [2.24, 2.45) is 0 Å².